The van der Waals surface area contributed by atoms with Gasteiger partial charge in [0.25, 0.3) is 5.91 Å². The fourth-order valence-corrected chi connectivity index (χ4v) is 3.14. The highest BCUT2D eigenvalue weighted by atomic mass is 32.2. The third-order valence-electron chi connectivity index (χ3n) is 3.66. The first-order valence-electron chi connectivity index (χ1n) is 7.40. The molecular formula is C15H19N5OS. The van der Waals surface area contributed by atoms with E-state index in [1.807, 2.05) is 24.3 Å². The number of carbonyl (C=O) groups is 1. The molecule has 2 heterocycles. The van der Waals surface area contributed by atoms with Gasteiger partial charge in [-0.25, -0.2) is 4.98 Å². The topological polar surface area (TPSA) is 82.7 Å². The Kier molecular flexibility index (Phi) is 5.07. The van der Waals surface area contributed by atoms with Gasteiger partial charge in [-0.1, -0.05) is 23.9 Å². The van der Waals surface area contributed by atoms with Crippen molar-refractivity contribution in [2.75, 3.05) is 13.1 Å². The second kappa shape index (κ2) is 7.42. The summed E-state index contributed by atoms with van der Waals surface area (Å²) < 4.78 is 0. The number of H-pyrrole nitrogens is 1. The Hall–Kier alpha value is -1.86. The molecule has 0 saturated carbocycles. The summed E-state index contributed by atoms with van der Waals surface area (Å²) in [4.78, 5) is 16.3. The van der Waals surface area contributed by atoms with E-state index in [0.29, 0.717) is 5.56 Å². The molecule has 1 aromatic carbocycles. The highest BCUT2D eigenvalue weighted by Gasteiger charge is 2.16. The number of benzene rings is 1. The summed E-state index contributed by atoms with van der Waals surface area (Å²) in [5.41, 5.74) is 1.87. The highest BCUT2D eigenvalue weighted by Crippen LogP contribution is 2.18. The van der Waals surface area contributed by atoms with Gasteiger partial charge >= 0.3 is 0 Å². The van der Waals surface area contributed by atoms with E-state index < -0.39 is 0 Å². The van der Waals surface area contributed by atoms with Gasteiger partial charge in [-0.3, -0.25) is 9.89 Å². The van der Waals surface area contributed by atoms with Crippen molar-refractivity contribution in [3.8, 4) is 0 Å². The predicted octanol–water partition coefficient (Wildman–Crippen LogP) is 1.58. The van der Waals surface area contributed by atoms with Crippen LogP contribution in [0.2, 0.25) is 0 Å². The number of aromatic amines is 1. The predicted molar refractivity (Wildman–Crippen MR) is 85.7 cm³/mol. The first kappa shape index (κ1) is 15.1. The van der Waals surface area contributed by atoms with Gasteiger partial charge in [0.2, 0.25) is 0 Å². The van der Waals surface area contributed by atoms with E-state index in [4.69, 9.17) is 0 Å². The normalized spacial score (nSPS) is 15.6. The molecule has 1 saturated heterocycles. The Bertz CT molecular complexity index is 593. The van der Waals surface area contributed by atoms with Crippen molar-refractivity contribution in [2.45, 2.75) is 29.8 Å². The number of thioether (sulfide) groups is 1. The fourth-order valence-electron chi connectivity index (χ4n) is 2.40. The van der Waals surface area contributed by atoms with Crippen molar-refractivity contribution in [1.29, 1.82) is 0 Å². The molecule has 1 fully saturated rings. The van der Waals surface area contributed by atoms with E-state index in [-0.39, 0.29) is 11.9 Å². The zero-order chi connectivity index (χ0) is 15.2. The molecule has 7 heteroatoms. The average molecular weight is 317 g/mol. The summed E-state index contributed by atoms with van der Waals surface area (Å²) in [7, 11) is 0. The molecule has 0 atom stereocenters. The van der Waals surface area contributed by atoms with Crippen molar-refractivity contribution in [1.82, 2.24) is 25.8 Å². The van der Waals surface area contributed by atoms with E-state index in [2.05, 4.69) is 25.8 Å². The standard InChI is InChI=1S/C15H19N5OS/c21-14(19-13-5-7-16-8-6-13)12-3-1-11(2-4-12)9-22-15-17-10-18-20-15/h1-4,10,13,16H,5-9H2,(H,19,21)(H,17,18,20). The summed E-state index contributed by atoms with van der Waals surface area (Å²) in [6, 6.07) is 8.02. The van der Waals surface area contributed by atoms with Crippen LogP contribution in [0.3, 0.4) is 0 Å². The number of hydrogen-bond acceptors (Lipinski definition) is 5. The van der Waals surface area contributed by atoms with Crippen LogP contribution in [0.15, 0.2) is 35.7 Å². The van der Waals surface area contributed by atoms with Gasteiger partial charge in [0.15, 0.2) is 5.16 Å². The lowest BCUT2D eigenvalue weighted by Gasteiger charge is -2.23. The van der Waals surface area contributed by atoms with Crippen molar-refractivity contribution in [3.05, 3.63) is 41.7 Å². The van der Waals surface area contributed by atoms with Crippen LogP contribution in [-0.2, 0) is 5.75 Å². The van der Waals surface area contributed by atoms with Crippen LogP contribution in [0.1, 0.15) is 28.8 Å². The van der Waals surface area contributed by atoms with Crippen LogP contribution >= 0.6 is 11.8 Å². The van der Waals surface area contributed by atoms with Gasteiger partial charge in [-0.2, -0.15) is 5.10 Å². The van der Waals surface area contributed by atoms with E-state index in [1.54, 1.807) is 11.8 Å². The number of piperidine rings is 1. The van der Waals surface area contributed by atoms with Gasteiger partial charge in [0, 0.05) is 17.4 Å². The van der Waals surface area contributed by atoms with Crippen molar-refractivity contribution in [3.63, 3.8) is 0 Å². The number of nitrogens with one attached hydrogen (secondary N) is 3. The zero-order valence-electron chi connectivity index (χ0n) is 12.2. The molecular weight excluding hydrogens is 298 g/mol. The van der Waals surface area contributed by atoms with E-state index in [0.717, 1.165) is 42.4 Å². The van der Waals surface area contributed by atoms with Crippen LogP contribution in [0.25, 0.3) is 0 Å². The second-order valence-corrected chi connectivity index (χ2v) is 6.24. The van der Waals surface area contributed by atoms with Crippen LogP contribution in [-0.4, -0.2) is 40.2 Å². The minimum atomic E-state index is 0.0151. The Morgan fingerprint density at radius 3 is 2.73 bits per heavy atom. The summed E-state index contributed by atoms with van der Waals surface area (Å²) >= 11 is 1.59. The lowest BCUT2D eigenvalue weighted by molar-refractivity contribution is 0.0929. The molecule has 0 radical (unpaired) electrons. The molecule has 0 bridgehead atoms. The molecule has 6 nitrogen and oxygen atoms in total. The molecule has 3 N–H and O–H groups in total. The molecule has 0 unspecified atom stereocenters. The molecule has 116 valence electrons. The number of carbonyl (C=O) groups excluding carboxylic acids is 1. The Morgan fingerprint density at radius 2 is 2.05 bits per heavy atom. The van der Waals surface area contributed by atoms with Gasteiger partial charge in [0.1, 0.15) is 6.33 Å². The SMILES string of the molecule is O=C(NC1CCNCC1)c1ccc(CSc2ncn[nH]2)cc1. The maximum atomic E-state index is 12.2. The largest absolute Gasteiger partial charge is 0.349 e. The molecule has 2 aromatic rings. The van der Waals surface area contributed by atoms with E-state index in [1.165, 1.54) is 6.33 Å². The Balaban J connectivity index is 1.52. The number of nitrogens with zero attached hydrogens (tertiary/aromatic N) is 2. The first-order valence-corrected chi connectivity index (χ1v) is 8.38. The highest BCUT2D eigenvalue weighted by molar-refractivity contribution is 7.98. The van der Waals surface area contributed by atoms with Crippen LogP contribution in [0.5, 0.6) is 0 Å². The maximum Gasteiger partial charge on any atom is 0.251 e. The fraction of sp³-hybridized carbons (Fsp3) is 0.400. The second-order valence-electron chi connectivity index (χ2n) is 5.27. The van der Waals surface area contributed by atoms with Gasteiger partial charge < -0.3 is 10.6 Å². The van der Waals surface area contributed by atoms with Crippen LogP contribution in [0.4, 0.5) is 0 Å². The third kappa shape index (κ3) is 4.08. The lowest BCUT2D eigenvalue weighted by atomic mass is 10.1. The molecule has 3 rings (SSSR count). The van der Waals surface area contributed by atoms with Gasteiger partial charge in [0.05, 0.1) is 0 Å². The molecule has 1 aliphatic rings. The number of amides is 1. The molecule has 0 aliphatic carbocycles. The number of aromatic nitrogens is 3. The zero-order valence-corrected chi connectivity index (χ0v) is 13.0. The average Bonchev–Trinajstić information content (AvgIpc) is 3.08. The Labute approximate surface area is 133 Å². The molecule has 1 aromatic heterocycles. The smallest absolute Gasteiger partial charge is 0.251 e. The molecule has 1 aliphatic heterocycles. The number of hydrogen-bond donors (Lipinski definition) is 3. The lowest BCUT2D eigenvalue weighted by Crippen LogP contribution is -2.42. The maximum absolute atomic E-state index is 12.2. The third-order valence-corrected chi connectivity index (χ3v) is 4.61. The molecule has 0 spiro atoms. The summed E-state index contributed by atoms with van der Waals surface area (Å²) in [6.45, 7) is 1.95. The quantitative estimate of drug-likeness (QED) is 0.729. The summed E-state index contributed by atoms with van der Waals surface area (Å²) in [5, 5.41) is 13.8. The van der Waals surface area contributed by atoms with Crippen LogP contribution < -0.4 is 10.6 Å². The van der Waals surface area contributed by atoms with Gasteiger partial charge in [-0.15, -0.1) is 0 Å². The monoisotopic (exact) mass is 317 g/mol. The first-order chi connectivity index (χ1) is 10.8. The van der Waals surface area contributed by atoms with Gasteiger partial charge in [-0.05, 0) is 43.6 Å². The van der Waals surface area contributed by atoms with Crippen LogP contribution in [0, 0.1) is 0 Å². The Morgan fingerprint density at radius 1 is 1.27 bits per heavy atom. The minimum absolute atomic E-state index is 0.0151. The van der Waals surface area contributed by atoms with Crippen molar-refractivity contribution in [2.24, 2.45) is 0 Å². The van der Waals surface area contributed by atoms with E-state index >= 15 is 0 Å². The van der Waals surface area contributed by atoms with Crippen molar-refractivity contribution >= 4 is 17.7 Å². The molecule has 1 amide bonds. The van der Waals surface area contributed by atoms with E-state index in [9.17, 15) is 4.79 Å². The summed E-state index contributed by atoms with van der Waals surface area (Å²) in [5.74, 6) is 0.812. The number of rotatable bonds is 5. The summed E-state index contributed by atoms with van der Waals surface area (Å²) in [6.07, 6.45) is 3.49. The minimum Gasteiger partial charge on any atom is -0.349 e. The molecule has 22 heavy (non-hydrogen) atoms. The van der Waals surface area contributed by atoms with Crippen molar-refractivity contribution < 1.29 is 4.79 Å².